The highest BCUT2D eigenvalue weighted by molar-refractivity contribution is 7.91. The van der Waals surface area contributed by atoms with Gasteiger partial charge in [-0.1, -0.05) is 191 Å². The number of rotatable bonds is 18. The van der Waals surface area contributed by atoms with Gasteiger partial charge in [0.05, 0.1) is 58.3 Å². The van der Waals surface area contributed by atoms with Crippen molar-refractivity contribution in [1.82, 2.24) is 7.94 Å². The minimum atomic E-state index is -3.92. The number of fused-ring (bicyclic) bond motifs is 2. The van der Waals surface area contributed by atoms with Gasteiger partial charge in [-0.15, -0.1) is 0 Å². The van der Waals surface area contributed by atoms with Crippen LogP contribution in [0.4, 0.5) is 0 Å². The van der Waals surface area contributed by atoms with Crippen molar-refractivity contribution in [2.24, 2.45) is 11.8 Å². The second kappa shape index (κ2) is 23.7. The summed E-state index contributed by atoms with van der Waals surface area (Å²) in [6.07, 6.45) is 3.19. The number of benzene rings is 6. The highest BCUT2D eigenvalue weighted by Gasteiger charge is 2.51. The Morgan fingerprint density at radius 2 is 0.805 bits per heavy atom. The second-order valence-electron chi connectivity index (χ2n) is 23.8. The molecule has 0 bridgehead atoms. The van der Waals surface area contributed by atoms with Crippen LogP contribution in [-0.2, 0) is 61.8 Å². The largest absolute Gasteiger partial charge is 0.403 e. The molecular formula is C62H76N2O12S4Si2. The first-order valence-corrected chi connectivity index (χ1v) is 38.2. The molecule has 0 saturated carbocycles. The molecule has 1 atom stereocenters. The average molecular weight is 1230 g/mol. The van der Waals surface area contributed by atoms with Crippen molar-refractivity contribution >= 4 is 105 Å². The minimum absolute atomic E-state index is 0.00186. The summed E-state index contributed by atoms with van der Waals surface area (Å²) < 4.78 is 120. The third-order valence-electron chi connectivity index (χ3n) is 14.8. The third kappa shape index (κ3) is 12.8. The van der Waals surface area contributed by atoms with E-state index in [0.29, 0.717) is 21.9 Å². The lowest BCUT2D eigenvalue weighted by Crippen LogP contribution is -2.66. The van der Waals surface area contributed by atoms with Crippen molar-refractivity contribution in [3.63, 3.8) is 0 Å². The Hall–Kier alpha value is -5.82. The first-order chi connectivity index (χ1) is 38.0. The SMILES string of the molecule is CC(C)C(=O)c1cc2cc(CO[Si](c3ccccc3)(c3ccccc3)C(C)(C)C)c(S(C)(=O)=O)cc2n1S(C)(=O)=O.CC(C)C(O)c1cc2cc(CO[Si](c3ccccc3)(c3ccccc3)C(C)(C)C)c(S(C)(=O)=O)cc2n1S(C)(=O)=O. The lowest BCUT2D eigenvalue weighted by molar-refractivity contribution is 0.0933. The van der Waals surface area contributed by atoms with Crippen LogP contribution in [0.1, 0.15) is 103 Å². The van der Waals surface area contributed by atoms with Crippen molar-refractivity contribution in [2.45, 2.75) is 108 Å². The number of ketones is 1. The zero-order valence-corrected chi connectivity index (χ0v) is 54.4. The van der Waals surface area contributed by atoms with Gasteiger partial charge in [0.1, 0.15) is 5.69 Å². The fraction of sp³-hybridized carbons (Fsp3) is 0.339. The molecule has 0 aliphatic carbocycles. The Morgan fingerprint density at radius 3 is 1.09 bits per heavy atom. The standard InChI is InChI=1S/C31H39NO6S2Si.C31H37NO6S2Si/c2*1-22(2)30(33)28-19-23-18-24(29(39(6,34)35)20-27(23)32(28)40(7,36)37)21-38-41(31(3,4)5,25-14-10-8-11-15-25)26-16-12-9-13-17-26/h8-20,22,30,33H,21H2,1-7H3;8-20,22H,21H2,1-7H3. The molecule has 6 aromatic carbocycles. The molecule has 8 rings (SSSR count). The zero-order valence-electron chi connectivity index (χ0n) is 49.1. The summed E-state index contributed by atoms with van der Waals surface area (Å²) in [6.45, 7) is 19.8. The summed E-state index contributed by atoms with van der Waals surface area (Å²) in [4.78, 5) is 13.0. The Balaban J connectivity index is 0.000000236. The van der Waals surface area contributed by atoms with Gasteiger partial charge in [-0.25, -0.2) is 41.6 Å². The quantitative estimate of drug-likeness (QED) is 0.0631. The summed E-state index contributed by atoms with van der Waals surface area (Å²) in [5.41, 5.74) is 1.39. The second-order valence-corrected chi connectivity index (χ2v) is 40.1. The van der Waals surface area contributed by atoms with Crippen LogP contribution in [0.3, 0.4) is 0 Å². The number of hydrogen-bond acceptors (Lipinski definition) is 12. The van der Waals surface area contributed by atoms with Gasteiger partial charge in [-0.3, -0.25) is 4.79 Å². The van der Waals surface area contributed by atoms with Gasteiger partial charge < -0.3 is 14.0 Å². The lowest BCUT2D eigenvalue weighted by Gasteiger charge is -2.43. The van der Waals surface area contributed by atoms with Crippen molar-refractivity contribution < 1.29 is 52.4 Å². The number of aliphatic hydroxyl groups is 1. The maximum atomic E-state index is 13.1. The highest BCUT2D eigenvalue weighted by Crippen LogP contribution is 2.41. The molecule has 2 heterocycles. The van der Waals surface area contributed by atoms with Crippen molar-refractivity contribution in [1.29, 1.82) is 0 Å². The van der Waals surface area contributed by atoms with Gasteiger partial charge in [0.25, 0.3) is 16.6 Å². The number of carbonyl (C=O) groups excluding carboxylic acids is 1. The third-order valence-corrected chi connectivity index (χ3v) is 29.3. The molecule has 8 aromatic rings. The van der Waals surface area contributed by atoms with E-state index in [1.165, 1.54) is 18.2 Å². The first kappa shape index (κ1) is 63.8. The number of Topliss-reactive ketones (excluding diaryl/α,β-unsaturated/α-hetero) is 1. The van der Waals surface area contributed by atoms with Crippen LogP contribution in [0.2, 0.25) is 10.1 Å². The molecule has 0 aliphatic rings. The van der Waals surface area contributed by atoms with E-state index in [2.05, 4.69) is 90.1 Å². The minimum Gasteiger partial charge on any atom is -0.403 e. The summed E-state index contributed by atoms with van der Waals surface area (Å²) in [7, 11) is -21.4. The summed E-state index contributed by atoms with van der Waals surface area (Å²) >= 11 is 0. The van der Waals surface area contributed by atoms with E-state index in [1.54, 1.807) is 45.9 Å². The molecule has 1 unspecified atom stereocenters. The van der Waals surface area contributed by atoms with Crippen molar-refractivity contribution in [2.75, 3.05) is 25.0 Å². The molecule has 438 valence electrons. The van der Waals surface area contributed by atoms with Gasteiger partial charge in [0, 0.05) is 29.2 Å². The van der Waals surface area contributed by atoms with E-state index in [4.69, 9.17) is 8.85 Å². The number of aliphatic hydroxyl groups excluding tert-OH is 1. The van der Waals surface area contributed by atoms with E-state index in [-0.39, 0.29) is 67.2 Å². The molecule has 14 nitrogen and oxygen atoms in total. The first-order valence-electron chi connectivity index (χ1n) is 26.9. The normalized spacial score (nSPS) is 13.6. The Morgan fingerprint density at radius 1 is 0.488 bits per heavy atom. The van der Waals surface area contributed by atoms with Gasteiger partial charge in [0.2, 0.25) is 20.0 Å². The van der Waals surface area contributed by atoms with Crippen LogP contribution in [0.5, 0.6) is 0 Å². The summed E-state index contributed by atoms with van der Waals surface area (Å²) in [5, 5.41) is 15.4. The predicted octanol–water partition coefficient (Wildman–Crippen LogP) is 9.39. The molecule has 0 saturated heterocycles. The van der Waals surface area contributed by atoms with Crippen molar-refractivity contribution in [3.05, 3.63) is 180 Å². The maximum Gasteiger partial charge on any atom is 0.261 e. The van der Waals surface area contributed by atoms with Gasteiger partial charge in [-0.2, -0.15) is 0 Å². The predicted molar refractivity (Wildman–Crippen MR) is 334 cm³/mol. The molecule has 82 heavy (non-hydrogen) atoms. The van der Waals surface area contributed by atoms with Crippen LogP contribution in [-0.4, -0.2) is 94.2 Å². The fourth-order valence-corrected chi connectivity index (χ4v) is 24.1. The Labute approximate surface area is 487 Å². The van der Waals surface area contributed by atoms with E-state index >= 15 is 0 Å². The number of aromatic nitrogens is 2. The Kier molecular flexibility index (Phi) is 18.4. The summed E-state index contributed by atoms with van der Waals surface area (Å²) in [5.74, 6) is -1.06. The van der Waals surface area contributed by atoms with E-state index < -0.39 is 68.4 Å². The highest BCUT2D eigenvalue weighted by atomic mass is 32.2. The molecule has 0 fully saturated rings. The molecule has 0 radical (unpaired) electrons. The zero-order chi connectivity index (χ0) is 60.8. The van der Waals surface area contributed by atoms with Crippen LogP contribution in [0.25, 0.3) is 21.8 Å². The van der Waals surface area contributed by atoms with Crippen molar-refractivity contribution in [3.8, 4) is 0 Å². The van der Waals surface area contributed by atoms with E-state index in [1.807, 2.05) is 72.8 Å². The molecule has 0 aliphatic heterocycles. The molecule has 1 N–H and O–H groups in total. The van der Waals surface area contributed by atoms with Crippen LogP contribution in [0.15, 0.2) is 168 Å². The maximum absolute atomic E-state index is 13.1. The van der Waals surface area contributed by atoms with Gasteiger partial charge in [0.15, 0.2) is 25.5 Å². The van der Waals surface area contributed by atoms with Gasteiger partial charge in [-0.05, 0) is 84.3 Å². The monoisotopic (exact) mass is 1220 g/mol. The molecule has 0 amide bonds. The number of nitrogens with zero attached hydrogens (tertiary/aromatic N) is 2. The smallest absolute Gasteiger partial charge is 0.261 e. The number of carbonyl (C=O) groups is 1. The van der Waals surface area contributed by atoms with E-state index in [9.17, 15) is 43.6 Å². The van der Waals surface area contributed by atoms with Crippen LogP contribution >= 0.6 is 0 Å². The van der Waals surface area contributed by atoms with Gasteiger partial charge >= 0.3 is 0 Å². The molecule has 0 spiro atoms. The van der Waals surface area contributed by atoms with E-state index in [0.717, 1.165) is 53.7 Å². The molecule has 20 heteroatoms. The summed E-state index contributed by atoms with van der Waals surface area (Å²) in [6, 6.07) is 49.4. The Bertz CT molecular complexity index is 4020. The average Bonchev–Trinajstić information content (AvgIpc) is 4.03. The molecular weight excluding hydrogens is 1150 g/mol. The van der Waals surface area contributed by atoms with Crippen LogP contribution < -0.4 is 20.7 Å². The number of sulfone groups is 2. The topological polar surface area (TPSA) is 202 Å². The fourth-order valence-electron chi connectivity index (χ4n) is 11.1. The number of hydrogen-bond donors (Lipinski definition) is 1. The molecule has 2 aromatic heterocycles. The van der Waals surface area contributed by atoms with Crippen LogP contribution in [0, 0.1) is 11.8 Å². The lowest BCUT2D eigenvalue weighted by atomic mass is 10.0.